The summed E-state index contributed by atoms with van der Waals surface area (Å²) >= 11 is 0. The van der Waals surface area contributed by atoms with Crippen LogP contribution in [0, 0.1) is 0 Å². The van der Waals surface area contributed by atoms with Crippen LogP contribution in [-0.2, 0) is 4.74 Å². The highest BCUT2D eigenvalue weighted by molar-refractivity contribution is 5.74. The number of rotatable bonds is 8. The molecule has 1 heterocycles. The van der Waals surface area contributed by atoms with Crippen LogP contribution in [0.1, 0.15) is 26.7 Å². The van der Waals surface area contributed by atoms with E-state index < -0.39 is 0 Å². The van der Waals surface area contributed by atoms with Crippen LogP contribution in [0.15, 0.2) is 6.33 Å². The average molecular weight is 253 g/mol. The van der Waals surface area contributed by atoms with E-state index >= 15 is 0 Å². The molecule has 1 aromatic heterocycles. The summed E-state index contributed by atoms with van der Waals surface area (Å²) in [6.07, 6.45) is 3.44. The van der Waals surface area contributed by atoms with Gasteiger partial charge in [-0.2, -0.15) is 0 Å². The molecule has 0 aliphatic heterocycles. The molecule has 0 saturated heterocycles. The van der Waals surface area contributed by atoms with Crippen LogP contribution in [0.25, 0.3) is 0 Å². The lowest BCUT2D eigenvalue weighted by molar-refractivity contribution is 0.198. The predicted octanol–water partition coefficient (Wildman–Crippen LogP) is 1.72. The summed E-state index contributed by atoms with van der Waals surface area (Å²) in [7, 11) is 1.69. The van der Waals surface area contributed by atoms with E-state index in [9.17, 15) is 0 Å². The van der Waals surface area contributed by atoms with Crippen LogP contribution in [0.2, 0.25) is 0 Å². The molecule has 0 saturated carbocycles. The number of nitrogens with one attached hydrogen (secondary N) is 2. The van der Waals surface area contributed by atoms with Crippen LogP contribution < -0.4 is 16.4 Å². The summed E-state index contributed by atoms with van der Waals surface area (Å²) in [5, 5.41) is 6.44. The van der Waals surface area contributed by atoms with Crippen LogP contribution >= 0.6 is 0 Å². The first-order valence-electron chi connectivity index (χ1n) is 6.28. The van der Waals surface area contributed by atoms with Crippen molar-refractivity contribution in [2.24, 2.45) is 0 Å². The lowest BCUT2D eigenvalue weighted by atomic mass is 10.2. The number of hydrogen-bond acceptors (Lipinski definition) is 6. The number of methoxy groups -OCH3 is 1. The van der Waals surface area contributed by atoms with Gasteiger partial charge in [-0.1, -0.05) is 6.92 Å². The Bertz CT molecular complexity index is 358. The van der Waals surface area contributed by atoms with Crippen molar-refractivity contribution >= 4 is 17.3 Å². The van der Waals surface area contributed by atoms with E-state index in [1.807, 2.05) is 0 Å². The lowest BCUT2D eigenvalue weighted by Crippen LogP contribution is -2.17. The predicted molar refractivity (Wildman–Crippen MR) is 74.8 cm³/mol. The van der Waals surface area contributed by atoms with Gasteiger partial charge in [0.15, 0.2) is 11.6 Å². The summed E-state index contributed by atoms with van der Waals surface area (Å²) < 4.78 is 4.98. The van der Waals surface area contributed by atoms with Crippen molar-refractivity contribution in [2.75, 3.05) is 36.6 Å². The van der Waals surface area contributed by atoms with Crippen molar-refractivity contribution in [3.63, 3.8) is 0 Å². The summed E-state index contributed by atoms with van der Waals surface area (Å²) in [6.45, 7) is 5.69. The minimum atomic E-state index is 0.337. The lowest BCUT2D eigenvalue weighted by Gasteiger charge is -2.15. The SMILES string of the molecule is CCC(C)Nc1ncnc(NCCCOC)c1N. The van der Waals surface area contributed by atoms with Crippen molar-refractivity contribution in [1.82, 2.24) is 9.97 Å². The fraction of sp³-hybridized carbons (Fsp3) is 0.667. The molecule has 1 atom stereocenters. The summed E-state index contributed by atoms with van der Waals surface area (Å²) in [5.74, 6) is 1.36. The monoisotopic (exact) mass is 253 g/mol. The Morgan fingerprint density at radius 2 is 2.11 bits per heavy atom. The van der Waals surface area contributed by atoms with Gasteiger partial charge in [-0.15, -0.1) is 0 Å². The second kappa shape index (κ2) is 7.71. The molecule has 1 rings (SSSR count). The van der Waals surface area contributed by atoms with Gasteiger partial charge in [0.05, 0.1) is 0 Å². The Morgan fingerprint density at radius 3 is 2.78 bits per heavy atom. The van der Waals surface area contributed by atoms with Gasteiger partial charge in [0.1, 0.15) is 12.0 Å². The first-order chi connectivity index (χ1) is 8.69. The maximum Gasteiger partial charge on any atom is 0.155 e. The Morgan fingerprint density at radius 1 is 1.39 bits per heavy atom. The standard InChI is InChI=1S/C12H23N5O/c1-4-9(2)17-12-10(13)11(15-8-16-12)14-6-5-7-18-3/h8-9H,4-7,13H2,1-3H3,(H2,14,15,16,17). The number of ether oxygens (including phenoxy) is 1. The molecule has 0 aliphatic carbocycles. The van der Waals surface area contributed by atoms with Gasteiger partial charge in [0.25, 0.3) is 0 Å². The van der Waals surface area contributed by atoms with Crippen molar-refractivity contribution in [2.45, 2.75) is 32.7 Å². The molecule has 0 aromatic carbocycles. The first-order valence-corrected chi connectivity index (χ1v) is 6.28. The molecular formula is C12H23N5O. The Kier molecular flexibility index (Phi) is 6.21. The number of aromatic nitrogens is 2. The molecule has 0 spiro atoms. The highest BCUT2D eigenvalue weighted by Crippen LogP contribution is 2.23. The Labute approximate surface area is 108 Å². The normalized spacial score (nSPS) is 12.2. The van der Waals surface area contributed by atoms with Crippen LogP contribution in [-0.4, -0.2) is 36.3 Å². The highest BCUT2D eigenvalue weighted by Gasteiger charge is 2.09. The minimum Gasteiger partial charge on any atom is -0.393 e. The van der Waals surface area contributed by atoms with E-state index in [4.69, 9.17) is 10.5 Å². The molecular weight excluding hydrogens is 230 g/mol. The van der Waals surface area contributed by atoms with Gasteiger partial charge >= 0.3 is 0 Å². The maximum atomic E-state index is 6.02. The van der Waals surface area contributed by atoms with Gasteiger partial charge in [0.2, 0.25) is 0 Å². The zero-order valence-corrected chi connectivity index (χ0v) is 11.4. The van der Waals surface area contributed by atoms with Crippen LogP contribution in [0.3, 0.4) is 0 Å². The Hall–Kier alpha value is -1.56. The number of nitrogen functional groups attached to an aromatic ring is 1. The fourth-order valence-corrected chi connectivity index (χ4v) is 1.41. The molecule has 4 N–H and O–H groups in total. The largest absolute Gasteiger partial charge is 0.393 e. The zero-order chi connectivity index (χ0) is 13.4. The molecule has 6 nitrogen and oxygen atoms in total. The summed E-state index contributed by atoms with van der Waals surface area (Å²) in [6, 6.07) is 0.337. The minimum absolute atomic E-state index is 0.337. The molecule has 0 fully saturated rings. The number of nitrogens with zero attached hydrogens (tertiary/aromatic N) is 2. The van der Waals surface area contributed by atoms with E-state index in [1.54, 1.807) is 7.11 Å². The molecule has 0 bridgehead atoms. The first kappa shape index (κ1) is 14.5. The van der Waals surface area contributed by atoms with Gasteiger partial charge in [0, 0.05) is 26.3 Å². The molecule has 0 radical (unpaired) electrons. The van der Waals surface area contributed by atoms with E-state index in [0.29, 0.717) is 23.4 Å². The third-order valence-electron chi connectivity index (χ3n) is 2.70. The van der Waals surface area contributed by atoms with Crippen molar-refractivity contribution in [1.29, 1.82) is 0 Å². The average Bonchev–Trinajstić information content (AvgIpc) is 2.38. The molecule has 0 amide bonds. The van der Waals surface area contributed by atoms with Gasteiger partial charge in [-0.3, -0.25) is 0 Å². The van der Waals surface area contributed by atoms with E-state index in [-0.39, 0.29) is 0 Å². The van der Waals surface area contributed by atoms with Crippen molar-refractivity contribution in [3.8, 4) is 0 Å². The molecule has 1 unspecified atom stereocenters. The zero-order valence-electron chi connectivity index (χ0n) is 11.4. The van der Waals surface area contributed by atoms with E-state index in [2.05, 4.69) is 34.4 Å². The molecule has 1 aromatic rings. The molecule has 6 heteroatoms. The maximum absolute atomic E-state index is 6.02. The second-order valence-electron chi connectivity index (χ2n) is 4.21. The van der Waals surface area contributed by atoms with Gasteiger partial charge in [-0.05, 0) is 19.8 Å². The quantitative estimate of drug-likeness (QED) is 0.612. The Balaban J connectivity index is 2.60. The third kappa shape index (κ3) is 4.37. The number of hydrogen-bond donors (Lipinski definition) is 3. The molecule has 0 aliphatic rings. The smallest absolute Gasteiger partial charge is 0.155 e. The molecule has 102 valence electrons. The van der Waals surface area contributed by atoms with Gasteiger partial charge < -0.3 is 21.1 Å². The second-order valence-corrected chi connectivity index (χ2v) is 4.21. The van der Waals surface area contributed by atoms with Crippen LogP contribution in [0.4, 0.5) is 17.3 Å². The van der Waals surface area contributed by atoms with Crippen LogP contribution in [0.5, 0.6) is 0 Å². The molecule has 18 heavy (non-hydrogen) atoms. The van der Waals surface area contributed by atoms with E-state index in [0.717, 1.165) is 26.0 Å². The van der Waals surface area contributed by atoms with Gasteiger partial charge in [-0.25, -0.2) is 9.97 Å². The summed E-state index contributed by atoms with van der Waals surface area (Å²) in [4.78, 5) is 8.30. The van der Waals surface area contributed by atoms with E-state index in [1.165, 1.54) is 6.33 Å². The number of anilines is 3. The third-order valence-corrected chi connectivity index (χ3v) is 2.70. The van der Waals surface area contributed by atoms with Crippen molar-refractivity contribution in [3.05, 3.63) is 6.33 Å². The topological polar surface area (TPSA) is 85.1 Å². The van der Waals surface area contributed by atoms with Crippen molar-refractivity contribution < 1.29 is 4.74 Å². The fourth-order valence-electron chi connectivity index (χ4n) is 1.41. The highest BCUT2D eigenvalue weighted by atomic mass is 16.5. The number of nitrogens with two attached hydrogens (primary N) is 1. The summed E-state index contributed by atoms with van der Waals surface area (Å²) in [5.41, 5.74) is 6.58.